The van der Waals surface area contributed by atoms with Crippen molar-refractivity contribution in [1.82, 2.24) is 0 Å². The topological polar surface area (TPSA) is 35.5 Å². The number of Topliss-reactive ketones (excluding diaryl/α,β-unsaturated/α-hetero) is 1. The Bertz CT molecular complexity index is 821. The van der Waals surface area contributed by atoms with Crippen molar-refractivity contribution in [3.05, 3.63) is 76.5 Å². The van der Waals surface area contributed by atoms with E-state index >= 15 is 0 Å². The molecule has 2 aromatic carbocycles. The third-order valence-electron chi connectivity index (χ3n) is 3.32. The second-order valence-electron chi connectivity index (χ2n) is 5.37. The standard InChI is InChI=1S/C19H15ClO3/c1-12(2)11-22-14-7-8-15-17(10-14)23-18(19(15)21)9-13-5-3-4-6-16(13)20/h3-10H,1,11H2,2H3/b18-9-. The molecule has 0 fully saturated rings. The number of fused-ring (bicyclic) bond motifs is 1. The second kappa shape index (κ2) is 6.31. The maximum Gasteiger partial charge on any atom is 0.231 e. The fourth-order valence-corrected chi connectivity index (χ4v) is 2.39. The van der Waals surface area contributed by atoms with Gasteiger partial charge in [0.25, 0.3) is 0 Å². The number of rotatable bonds is 4. The lowest BCUT2D eigenvalue weighted by atomic mass is 10.1. The molecule has 0 aromatic heterocycles. The normalized spacial score (nSPS) is 14.5. The highest BCUT2D eigenvalue weighted by Gasteiger charge is 2.27. The van der Waals surface area contributed by atoms with E-state index in [0.29, 0.717) is 28.7 Å². The lowest BCUT2D eigenvalue weighted by molar-refractivity contribution is 0.101. The number of ketones is 1. The van der Waals surface area contributed by atoms with Crippen molar-refractivity contribution in [3.8, 4) is 11.5 Å². The molecule has 0 aliphatic carbocycles. The predicted molar refractivity (Wildman–Crippen MR) is 91.1 cm³/mol. The van der Waals surface area contributed by atoms with E-state index in [4.69, 9.17) is 21.1 Å². The zero-order chi connectivity index (χ0) is 16.4. The number of benzene rings is 2. The van der Waals surface area contributed by atoms with Crippen LogP contribution in [0, 0.1) is 0 Å². The molecule has 0 atom stereocenters. The lowest BCUT2D eigenvalue weighted by Gasteiger charge is -2.06. The van der Waals surface area contributed by atoms with Crippen LogP contribution in [-0.4, -0.2) is 12.4 Å². The van der Waals surface area contributed by atoms with Crippen LogP contribution in [0.15, 0.2) is 60.4 Å². The average molecular weight is 327 g/mol. The first-order chi connectivity index (χ1) is 11.0. The van der Waals surface area contributed by atoms with Crippen molar-refractivity contribution in [2.45, 2.75) is 6.92 Å². The summed E-state index contributed by atoms with van der Waals surface area (Å²) in [4.78, 5) is 12.4. The summed E-state index contributed by atoms with van der Waals surface area (Å²) in [6, 6.07) is 12.5. The summed E-state index contributed by atoms with van der Waals surface area (Å²) in [7, 11) is 0. The Labute approximate surface area is 139 Å². The van der Waals surface area contributed by atoms with Crippen molar-refractivity contribution < 1.29 is 14.3 Å². The van der Waals surface area contributed by atoms with Gasteiger partial charge in [0, 0.05) is 11.1 Å². The molecule has 2 aromatic rings. The number of allylic oxidation sites excluding steroid dienone is 1. The first-order valence-corrected chi connectivity index (χ1v) is 7.52. The Morgan fingerprint density at radius 2 is 2.09 bits per heavy atom. The Morgan fingerprint density at radius 3 is 2.83 bits per heavy atom. The summed E-state index contributed by atoms with van der Waals surface area (Å²) in [6.07, 6.45) is 1.65. The van der Waals surface area contributed by atoms with Crippen LogP contribution in [0.25, 0.3) is 6.08 Å². The van der Waals surface area contributed by atoms with E-state index in [1.165, 1.54) is 0 Å². The molecule has 0 N–H and O–H groups in total. The molecule has 23 heavy (non-hydrogen) atoms. The molecule has 3 nitrogen and oxygen atoms in total. The van der Waals surface area contributed by atoms with Gasteiger partial charge < -0.3 is 9.47 Å². The van der Waals surface area contributed by atoms with Gasteiger partial charge in [-0.05, 0) is 42.3 Å². The molecule has 4 heteroatoms. The van der Waals surface area contributed by atoms with Gasteiger partial charge in [-0.3, -0.25) is 4.79 Å². The van der Waals surface area contributed by atoms with Gasteiger partial charge >= 0.3 is 0 Å². The molecule has 0 spiro atoms. The van der Waals surface area contributed by atoms with Crippen LogP contribution in [0.2, 0.25) is 5.02 Å². The molecular weight excluding hydrogens is 312 g/mol. The summed E-state index contributed by atoms with van der Waals surface area (Å²) >= 11 is 6.12. The Kier molecular flexibility index (Phi) is 4.22. The van der Waals surface area contributed by atoms with Crippen LogP contribution in [0.3, 0.4) is 0 Å². The quantitative estimate of drug-likeness (QED) is 0.591. The SMILES string of the molecule is C=C(C)COc1ccc2c(c1)O/C(=C\c1ccccc1Cl)C2=O. The third-order valence-corrected chi connectivity index (χ3v) is 3.66. The molecule has 1 aliphatic rings. The van der Waals surface area contributed by atoms with Gasteiger partial charge in [0.05, 0.1) is 5.56 Å². The summed E-state index contributed by atoms with van der Waals surface area (Å²) in [5, 5.41) is 0.567. The highest BCUT2D eigenvalue weighted by molar-refractivity contribution is 6.32. The minimum Gasteiger partial charge on any atom is -0.489 e. The zero-order valence-corrected chi connectivity index (χ0v) is 13.4. The van der Waals surface area contributed by atoms with E-state index < -0.39 is 0 Å². The monoisotopic (exact) mass is 326 g/mol. The maximum absolute atomic E-state index is 12.4. The van der Waals surface area contributed by atoms with Gasteiger partial charge in [0.2, 0.25) is 5.78 Å². The number of carbonyl (C=O) groups is 1. The highest BCUT2D eigenvalue weighted by Crippen LogP contribution is 2.35. The van der Waals surface area contributed by atoms with Gasteiger partial charge in [0.1, 0.15) is 18.1 Å². The van der Waals surface area contributed by atoms with Crippen LogP contribution < -0.4 is 9.47 Å². The molecule has 1 heterocycles. The average Bonchev–Trinajstić information content (AvgIpc) is 2.83. The van der Waals surface area contributed by atoms with Crippen LogP contribution in [0.5, 0.6) is 11.5 Å². The minimum atomic E-state index is -0.161. The zero-order valence-electron chi connectivity index (χ0n) is 12.6. The minimum absolute atomic E-state index is 0.161. The molecule has 0 bridgehead atoms. The van der Waals surface area contributed by atoms with Crippen LogP contribution in [0.1, 0.15) is 22.8 Å². The van der Waals surface area contributed by atoms with Crippen molar-refractivity contribution in [1.29, 1.82) is 0 Å². The summed E-state index contributed by atoms with van der Waals surface area (Å²) < 4.78 is 11.2. The summed E-state index contributed by atoms with van der Waals surface area (Å²) in [5.41, 5.74) is 2.18. The fourth-order valence-electron chi connectivity index (χ4n) is 2.20. The lowest BCUT2D eigenvalue weighted by Crippen LogP contribution is -1.98. The van der Waals surface area contributed by atoms with E-state index in [9.17, 15) is 4.79 Å². The number of hydrogen-bond acceptors (Lipinski definition) is 3. The van der Waals surface area contributed by atoms with Crippen LogP contribution in [-0.2, 0) is 0 Å². The van der Waals surface area contributed by atoms with Gasteiger partial charge in [-0.2, -0.15) is 0 Å². The van der Waals surface area contributed by atoms with Crippen LogP contribution >= 0.6 is 11.6 Å². The molecule has 0 saturated carbocycles. The number of hydrogen-bond donors (Lipinski definition) is 0. The molecule has 0 radical (unpaired) electrons. The highest BCUT2D eigenvalue weighted by atomic mass is 35.5. The van der Waals surface area contributed by atoms with Gasteiger partial charge in [-0.1, -0.05) is 36.4 Å². The number of ether oxygens (including phenoxy) is 2. The second-order valence-corrected chi connectivity index (χ2v) is 5.77. The number of carbonyl (C=O) groups excluding carboxylic acids is 1. The van der Waals surface area contributed by atoms with E-state index in [1.807, 2.05) is 25.1 Å². The van der Waals surface area contributed by atoms with Crippen molar-refractivity contribution in [2.75, 3.05) is 6.61 Å². The maximum atomic E-state index is 12.4. The number of halogens is 1. The Hall–Kier alpha value is -2.52. The van der Waals surface area contributed by atoms with Gasteiger partial charge in [-0.25, -0.2) is 0 Å². The largest absolute Gasteiger partial charge is 0.489 e. The van der Waals surface area contributed by atoms with Crippen LogP contribution in [0.4, 0.5) is 0 Å². The molecule has 0 saturated heterocycles. The van der Waals surface area contributed by atoms with E-state index in [2.05, 4.69) is 6.58 Å². The molecular formula is C19H15ClO3. The molecule has 1 aliphatic heterocycles. The van der Waals surface area contributed by atoms with E-state index in [-0.39, 0.29) is 11.5 Å². The first-order valence-electron chi connectivity index (χ1n) is 7.14. The fraction of sp³-hybridized carbons (Fsp3) is 0.105. The smallest absolute Gasteiger partial charge is 0.231 e. The van der Waals surface area contributed by atoms with E-state index in [0.717, 1.165) is 11.1 Å². The Balaban J connectivity index is 1.87. The predicted octanol–water partition coefficient (Wildman–Crippen LogP) is 4.91. The van der Waals surface area contributed by atoms with Crippen molar-refractivity contribution >= 4 is 23.5 Å². The van der Waals surface area contributed by atoms with Crippen molar-refractivity contribution in [2.24, 2.45) is 0 Å². The molecule has 0 unspecified atom stereocenters. The summed E-state index contributed by atoms with van der Waals surface area (Å²) in [5.74, 6) is 1.22. The summed E-state index contributed by atoms with van der Waals surface area (Å²) in [6.45, 7) is 6.10. The van der Waals surface area contributed by atoms with E-state index in [1.54, 1.807) is 30.3 Å². The Morgan fingerprint density at radius 1 is 1.30 bits per heavy atom. The third kappa shape index (κ3) is 3.30. The first kappa shape index (κ1) is 15.4. The molecule has 116 valence electrons. The van der Waals surface area contributed by atoms with Gasteiger partial charge in [-0.15, -0.1) is 0 Å². The van der Waals surface area contributed by atoms with Crippen molar-refractivity contribution in [3.63, 3.8) is 0 Å². The molecule has 0 amide bonds. The molecule has 3 rings (SSSR count). The van der Waals surface area contributed by atoms with Gasteiger partial charge in [0.15, 0.2) is 5.76 Å².